The Bertz CT molecular complexity index is 839. The zero-order chi connectivity index (χ0) is 12.5. The highest BCUT2D eigenvalue weighted by Gasteiger charge is 2.28. The Kier molecular flexibility index (Phi) is 1.80. The summed E-state index contributed by atoms with van der Waals surface area (Å²) in [6.07, 6.45) is 3.45. The summed E-state index contributed by atoms with van der Waals surface area (Å²) in [5, 5.41) is 6.00. The maximum absolute atomic E-state index is 6.32. The van der Waals surface area contributed by atoms with Gasteiger partial charge in [-0.15, -0.1) is 0 Å². The number of hydrogen-bond donors (Lipinski definition) is 0. The van der Waals surface area contributed by atoms with E-state index in [1.165, 1.54) is 21.6 Å². The highest BCUT2D eigenvalue weighted by Crippen LogP contribution is 2.36. The predicted molar refractivity (Wildman–Crippen MR) is 78.1 cm³/mol. The molecule has 2 heterocycles. The molecule has 2 heteroatoms. The fourth-order valence-electron chi connectivity index (χ4n) is 3.29. The average molecular weight is 256 g/mol. The van der Waals surface area contributed by atoms with Gasteiger partial charge in [-0.25, -0.2) is 0 Å². The van der Waals surface area contributed by atoms with Gasteiger partial charge in [-0.2, -0.15) is 0 Å². The van der Waals surface area contributed by atoms with E-state index in [0.717, 1.165) is 16.8 Å². The number of hydrogen-bond acceptors (Lipinski definition) is 0. The molecule has 1 nitrogen and oxygen atoms in total. The van der Waals surface area contributed by atoms with Crippen LogP contribution >= 0.6 is 11.6 Å². The second-order valence-electron chi connectivity index (χ2n) is 5.74. The molecule has 0 amide bonds. The average Bonchev–Trinajstić information content (AvgIpc) is 2.83. The van der Waals surface area contributed by atoms with Gasteiger partial charge in [-0.05, 0) is 32.4 Å². The molecule has 0 spiro atoms. The molecule has 4 rings (SSSR count). The molecule has 0 fully saturated rings. The minimum Gasteiger partial charge on any atom is -0.335 e. The van der Waals surface area contributed by atoms with Crippen LogP contribution in [0.3, 0.4) is 0 Å². The van der Waals surface area contributed by atoms with E-state index in [4.69, 9.17) is 11.6 Å². The molecule has 0 unspecified atom stereocenters. The van der Waals surface area contributed by atoms with Crippen molar-refractivity contribution in [2.45, 2.75) is 25.8 Å². The van der Waals surface area contributed by atoms with E-state index in [-0.39, 0.29) is 5.54 Å². The molecule has 0 aliphatic carbocycles. The third-order valence-electron chi connectivity index (χ3n) is 4.12. The lowest BCUT2D eigenvalue weighted by atomic mass is 10.0. The summed E-state index contributed by atoms with van der Waals surface area (Å²) in [6.45, 7) is 4.59. The first-order chi connectivity index (χ1) is 8.59. The van der Waals surface area contributed by atoms with Gasteiger partial charge in [0, 0.05) is 32.1 Å². The Morgan fingerprint density at radius 2 is 1.89 bits per heavy atom. The minimum absolute atomic E-state index is 0.162. The molecule has 2 aromatic carbocycles. The molecular weight excluding hydrogens is 242 g/mol. The second-order valence-corrected chi connectivity index (χ2v) is 6.14. The van der Waals surface area contributed by atoms with Crippen LogP contribution in [0.4, 0.5) is 0 Å². The Balaban J connectivity index is 2.38. The van der Waals surface area contributed by atoms with E-state index in [1.807, 2.05) is 6.07 Å². The van der Waals surface area contributed by atoms with Crippen molar-refractivity contribution < 1.29 is 0 Å². The van der Waals surface area contributed by atoms with Crippen LogP contribution < -0.4 is 5.35 Å². The first-order valence-electron chi connectivity index (χ1n) is 6.31. The van der Waals surface area contributed by atoms with E-state index in [1.54, 1.807) is 0 Å². The molecule has 18 heavy (non-hydrogen) atoms. The van der Waals surface area contributed by atoms with Crippen molar-refractivity contribution in [3.8, 4) is 0 Å². The molecule has 3 aromatic rings. The first-order valence-corrected chi connectivity index (χ1v) is 6.69. The summed E-state index contributed by atoms with van der Waals surface area (Å²) in [7, 11) is 0. The number of nitrogens with zero attached hydrogens (tertiary/aromatic N) is 1. The number of halogens is 1. The molecule has 0 radical (unpaired) electrons. The lowest BCUT2D eigenvalue weighted by molar-refractivity contribution is 0.394. The van der Waals surface area contributed by atoms with Crippen LogP contribution in [0.15, 0.2) is 30.3 Å². The van der Waals surface area contributed by atoms with E-state index < -0.39 is 0 Å². The topological polar surface area (TPSA) is 4.93 Å². The van der Waals surface area contributed by atoms with Crippen LogP contribution in [-0.4, -0.2) is 4.57 Å². The number of rotatable bonds is 0. The van der Waals surface area contributed by atoms with Crippen molar-refractivity contribution in [1.82, 2.24) is 4.57 Å². The molecule has 0 saturated carbocycles. The molecule has 1 aliphatic rings. The Morgan fingerprint density at radius 3 is 2.72 bits per heavy atom. The fourth-order valence-corrected chi connectivity index (χ4v) is 3.51. The van der Waals surface area contributed by atoms with Crippen LogP contribution in [0.25, 0.3) is 27.8 Å². The van der Waals surface area contributed by atoms with E-state index in [0.29, 0.717) is 0 Å². The number of fused-ring (bicyclic) bond motifs is 3. The van der Waals surface area contributed by atoms with Gasteiger partial charge in [-0.3, -0.25) is 0 Å². The van der Waals surface area contributed by atoms with Crippen molar-refractivity contribution in [3.63, 3.8) is 0 Å². The highest BCUT2D eigenvalue weighted by molar-refractivity contribution is 6.37. The van der Waals surface area contributed by atoms with Crippen LogP contribution in [0.2, 0.25) is 5.02 Å². The van der Waals surface area contributed by atoms with Crippen molar-refractivity contribution in [2.24, 2.45) is 0 Å². The van der Waals surface area contributed by atoms with Gasteiger partial charge < -0.3 is 4.57 Å². The van der Waals surface area contributed by atoms with Crippen LogP contribution in [0, 0.1) is 0 Å². The van der Waals surface area contributed by atoms with E-state index in [9.17, 15) is 0 Å². The van der Waals surface area contributed by atoms with E-state index in [2.05, 4.69) is 48.8 Å². The molecule has 0 N–H and O–H groups in total. The zero-order valence-electron chi connectivity index (χ0n) is 10.5. The molecule has 90 valence electrons. The quantitative estimate of drug-likeness (QED) is 0.570. The third-order valence-corrected chi connectivity index (χ3v) is 4.45. The monoisotopic (exact) mass is 255 g/mol. The molecular formula is C16H14ClN. The van der Waals surface area contributed by atoms with Crippen molar-refractivity contribution in [2.75, 3.05) is 0 Å². The predicted octanol–water partition coefficient (Wildman–Crippen LogP) is 4.09. The summed E-state index contributed by atoms with van der Waals surface area (Å²) >= 11 is 6.32. The number of aromatic nitrogens is 1. The standard InChI is InChI=1S/C16H14ClN/c1-16(2)9-8-13-11-5-3-4-10-12(17)6-7-14(15(10)11)18(13)16/h3-8H,9H2,1-2H3. The van der Waals surface area contributed by atoms with Gasteiger partial charge in [0.1, 0.15) is 0 Å². The highest BCUT2D eigenvalue weighted by atomic mass is 35.5. The van der Waals surface area contributed by atoms with Gasteiger partial charge in [0.15, 0.2) is 0 Å². The van der Waals surface area contributed by atoms with Crippen molar-refractivity contribution >= 4 is 39.4 Å². The largest absolute Gasteiger partial charge is 0.335 e. The molecule has 0 saturated heterocycles. The lowest BCUT2D eigenvalue weighted by Crippen LogP contribution is -2.27. The Labute approximate surface area is 111 Å². The fraction of sp³-hybridized carbons (Fsp3) is 0.250. The number of benzene rings is 2. The third kappa shape index (κ3) is 1.08. The first kappa shape index (κ1) is 10.5. The van der Waals surface area contributed by atoms with Crippen molar-refractivity contribution in [1.29, 1.82) is 0 Å². The summed E-state index contributed by atoms with van der Waals surface area (Å²) in [6, 6.07) is 10.6. The van der Waals surface area contributed by atoms with Gasteiger partial charge >= 0.3 is 0 Å². The van der Waals surface area contributed by atoms with Crippen LogP contribution in [-0.2, 0) is 5.54 Å². The smallest absolute Gasteiger partial charge is 0.0503 e. The van der Waals surface area contributed by atoms with Gasteiger partial charge in [0.25, 0.3) is 0 Å². The summed E-state index contributed by atoms with van der Waals surface area (Å²) in [5.41, 5.74) is 1.47. The maximum Gasteiger partial charge on any atom is 0.0503 e. The van der Waals surface area contributed by atoms with Gasteiger partial charge in [-0.1, -0.05) is 35.9 Å². The summed E-state index contributed by atoms with van der Waals surface area (Å²) < 4.78 is 2.46. The molecule has 0 bridgehead atoms. The van der Waals surface area contributed by atoms with Gasteiger partial charge in [0.05, 0.1) is 5.52 Å². The zero-order valence-corrected chi connectivity index (χ0v) is 11.3. The molecule has 1 aliphatic heterocycles. The van der Waals surface area contributed by atoms with E-state index >= 15 is 0 Å². The summed E-state index contributed by atoms with van der Waals surface area (Å²) in [5.74, 6) is 0. The minimum atomic E-state index is 0.162. The molecule has 0 atom stereocenters. The van der Waals surface area contributed by atoms with Crippen LogP contribution in [0.1, 0.15) is 20.3 Å². The summed E-state index contributed by atoms with van der Waals surface area (Å²) in [4.78, 5) is 0. The van der Waals surface area contributed by atoms with Crippen molar-refractivity contribution in [3.05, 3.63) is 40.7 Å². The van der Waals surface area contributed by atoms with Gasteiger partial charge in [0.2, 0.25) is 0 Å². The molecule has 1 aromatic heterocycles. The van der Waals surface area contributed by atoms with Crippen LogP contribution in [0.5, 0.6) is 0 Å². The second kappa shape index (κ2) is 3.10. The lowest BCUT2D eigenvalue weighted by Gasteiger charge is -2.23. The Hall–Kier alpha value is -1.47. The Morgan fingerprint density at radius 1 is 1.11 bits per heavy atom. The maximum atomic E-state index is 6.32. The SMILES string of the molecule is CC1(C)CC=c2c3cccc4c(Cl)ccc(c43)n21. The normalized spacial score (nSPS) is 17.3.